The highest BCUT2D eigenvalue weighted by Crippen LogP contribution is 2.16. The molecule has 2 rings (SSSR count). The zero-order valence-electron chi connectivity index (χ0n) is 7.19. The number of aryl methyl sites for hydroxylation is 1. The second-order valence-corrected chi connectivity index (χ2v) is 3.01. The first-order valence-electron chi connectivity index (χ1n) is 3.97. The van der Waals surface area contributed by atoms with Crippen molar-refractivity contribution < 1.29 is 9.90 Å². The van der Waals surface area contributed by atoms with Crippen LogP contribution in [0.15, 0.2) is 30.5 Å². The van der Waals surface area contributed by atoms with Crippen LogP contribution in [0, 0.1) is 0 Å². The maximum Gasteiger partial charge on any atom is 0.335 e. The summed E-state index contributed by atoms with van der Waals surface area (Å²) < 4.78 is 1.96. The number of carbonyl (C=O) groups is 1. The molecule has 1 aromatic heterocycles. The molecule has 0 saturated carbocycles. The lowest BCUT2D eigenvalue weighted by Crippen LogP contribution is -1.95. The summed E-state index contributed by atoms with van der Waals surface area (Å²) in [6.07, 6.45) is 1.91. The van der Waals surface area contributed by atoms with Crippen LogP contribution in [0.1, 0.15) is 10.4 Å². The molecular weight excluding hydrogens is 166 g/mol. The molecule has 0 unspecified atom stereocenters. The van der Waals surface area contributed by atoms with Crippen molar-refractivity contribution in [2.75, 3.05) is 0 Å². The van der Waals surface area contributed by atoms with Crippen molar-refractivity contribution in [3.8, 4) is 0 Å². The van der Waals surface area contributed by atoms with E-state index in [1.165, 1.54) is 0 Å². The molecule has 0 radical (unpaired) electrons. The van der Waals surface area contributed by atoms with Gasteiger partial charge in [0.15, 0.2) is 0 Å². The quantitative estimate of drug-likeness (QED) is 0.719. The van der Waals surface area contributed by atoms with E-state index in [2.05, 4.69) is 0 Å². The molecule has 1 N–H and O–H groups in total. The Morgan fingerprint density at radius 3 is 2.85 bits per heavy atom. The van der Waals surface area contributed by atoms with E-state index in [-0.39, 0.29) is 0 Å². The summed E-state index contributed by atoms with van der Waals surface area (Å²) >= 11 is 0. The van der Waals surface area contributed by atoms with E-state index in [9.17, 15) is 4.79 Å². The van der Waals surface area contributed by atoms with Crippen molar-refractivity contribution >= 4 is 16.9 Å². The van der Waals surface area contributed by atoms with Gasteiger partial charge in [0.25, 0.3) is 0 Å². The summed E-state index contributed by atoms with van der Waals surface area (Å²) in [4.78, 5) is 10.6. The molecule has 1 aromatic carbocycles. The fourth-order valence-electron chi connectivity index (χ4n) is 1.41. The van der Waals surface area contributed by atoms with Crippen molar-refractivity contribution in [2.24, 2.45) is 7.05 Å². The van der Waals surface area contributed by atoms with Crippen molar-refractivity contribution in [3.05, 3.63) is 36.0 Å². The van der Waals surface area contributed by atoms with E-state index in [0.29, 0.717) is 5.56 Å². The number of aromatic carboxylic acids is 1. The summed E-state index contributed by atoms with van der Waals surface area (Å²) in [7, 11) is 1.93. The van der Waals surface area contributed by atoms with Crippen LogP contribution in [0.4, 0.5) is 0 Å². The van der Waals surface area contributed by atoms with Crippen LogP contribution in [0.25, 0.3) is 10.9 Å². The Morgan fingerprint density at radius 1 is 1.38 bits per heavy atom. The minimum absolute atomic E-state index is 0.332. The Labute approximate surface area is 75.2 Å². The SMILES string of the molecule is Cn1ccc2cc(C(=O)O)ccc21. The van der Waals surface area contributed by atoms with E-state index in [1.54, 1.807) is 12.1 Å². The van der Waals surface area contributed by atoms with Gasteiger partial charge < -0.3 is 9.67 Å². The Hall–Kier alpha value is -1.77. The molecule has 13 heavy (non-hydrogen) atoms. The Balaban J connectivity index is 2.70. The average molecular weight is 175 g/mol. The van der Waals surface area contributed by atoms with E-state index in [0.717, 1.165) is 10.9 Å². The van der Waals surface area contributed by atoms with E-state index >= 15 is 0 Å². The van der Waals surface area contributed by atoms with Crippen LogP contribution in [0.3, 0.4) is 0 Å². The highest BCUT2D eigenvalue weighted by molar-refractivity contribution is 5.93. The number of rotatable bonds is 1. The minimum Gasteiger partial charge on any atom is -0.478 e. The lowest BCUT2D eigenvalue weighted by molar-refractivity contribution is 0.0697. The highest BCUT2D eigenvalue weighted by atomic mass is 16.4. The topological polar surface area (TPSA) is 42.2 Å². The summed E-state index contributed by atoms with van der Waals surface area (Å²) in [5.41, 5.74) is 1.38. The summed E-state index contributed by atoms with van der Waals surface area (Å²) in [5.74, 6) is -0.884. The molecule has 0 saturated heterocycles. The number of nitrogens with zero attached hydrogens (tertiary/aromatic N) is 1. The predicted molar refractivity (Wildman–Crippen MR) is 49.9 cm³/mol. The van der Waals surface area contributed by atoms with Crippen LogP contribution >= 0.6 is 0 Å². The third kappa shape index (κ3) is 1.18. The zero-order valence-corrected chi connectivity index (χ0v) is 7.19. The van der Waals surface area contributed by atoms with E-state index in [1.807, 2.05) is 29.9 Å². The molecule has 66 valence electrons. The third-order valence-electron chi connectivity index (χ3n) is 2.13. The number of benzene rings is 1. The lowest BCUT2D eigenvalue weighted by atomic mass is 10.1. The molecule has 0 aliphatic rings. The van der Waals surface area contributed by atoms with Gasteiger partial charge in [-0.3, -0.25) is 0 Å². The van der Waals surface area contributed by atoms with Crippen LogP contribution < -0.4 is 0 Å². The van der Waals surface area contributed by atoms with Gasteiger partial charge in [0.05, 0.1) is 5.56 Å². The molecule has 0 aliphatic heterocycles. The van der Waals surface area contributed by atoms with Gasteiger partial charge in [-0.15, -0.1) is 0 Å². The molecule has 3 nitrogen and oxygen atoms in total. The van der Waals surface area contributed by atoms with Gasteiger partial charge in [-0.25, -0.2) is 4.79 Å². The number of carboxylic acid groups (broad SMARTS) is 1. The van der Waals surface area contributed by atoms with Crippen molar-refractivity contribution in [3.63, 3.8) is 0 Å². The highest BCUT2D eigenvalue weighted by Gasteiger charge is 2.04. The van der Waals surface area contributed by atoms with Gasteiger partial charge >= 0.3 is 5.97 Å². The second kappa shape index (κ2) is 2.62. The molecule has 0 fully saturated rings. The first-order chi connectivity index (χ1) is 6.18. The van der Waals surface area contributed by atoms with Crippen molar-refractivity contribution in [1.82, 2.24) is 4.57 Å². The Bertz CT molecular complexity index is 471. The maximum atomic E-state index is 10.6. The molecular formula is C10H9NO2. The number of aromatic nitrogens is 1. The Kier molecular flexibility index (Phi) is 1.59. The van der Waals surface area contributed by atoms with Gasteiger partial charge in [-0.2, -0.15) is 0 Å². The van der Waals surface area contributed by atoms with Crippen LogP contribution in [0.2, 0.25) is 0 Å². The van der Waals surface area contributed by atoms with Crippen molar-refractivity contribution in [1.29, 1.82) is 0 Å². The van der Waals surface area contributed by atoms with Crippen LogP contribution in [-0.2, 0) is 7.05 Å². The normalized spacial score (nSPS) is 10.5. The number of hydrogen-bond donors (Lipinski definition) is 1. The molecule has 0 bridgehead atoms. The second-order valence-electron chi connectivity index (χ2n) is 3.01. The van der Waals surface area contributed by atoms with Gasteiger partial charge in [0.2, 0.25) is 0 Å². The minimum atomic E-state index is -0.884. The smallest absolute Gasteiger partial charge is 0.335 e. The molecule has 0 amide bonds. The van der Waals surface area contributed by atoms with Gasteiger partial charge in [0.1, 0.15) is 0 Å². The monoisotopic (exact) mass is 175 g/mol. The predicted octanol–water partition coefficient (Wildman–Crippen LogP) is 1.88. The number of fused-ring (bicyclic) bond motifs is 1. The van der Waals surface area contributed by atoms with Gasteiger partial charge in [-0.1, -0.05) is 0 Å². The molecule has 0 atom stereocenters. The van der Waals surface area contributed by atoms with Crippen LogP contribution in [0.5, 0.6) is 0 Å². The van der Waals surface area contributed by atoms with Crippen LogP contribution in [-0.4, -0.2) is 15.6 Å². The van der Waals surface area contributed by atoms with E-state index in [4.69, 9.17) is 5.11 Å². The molecule has 0 aliphatic carbocycles. The number of hydrogen-bond acceptors (Lipinski definition) is 1. The lowest BCUT2D eigenvalue weighted by Gasteiger charge is -1.97. The number of carboxylic acids is 1. The fourth-order valence-corrected chi connectivity index (χ4v) is 1.41. The first kappa shape index (κ1) is 7.86. The molecule has 2 aromatic rings. The standard InChI is InChI=1S/C10H9NO2/c1-11-5-4-7-6-8(10(12)13)2-3-9(7)11/h2-6H,1H3,(H,12,13). The molecule has 0 spiro atoms. The summed E-state index contributed by atoms with van der Waals surface area (Å²) in [6, 6.07) is 7.02. The maximum absolute atomic E-state index is 10.6. The van der Waals surface area contributed by atoms with Crippen molar-refractivity contribution in [2.45, 2.75) is 0 Å². The Morgan fingerprint density at radius 2 is 2.15 bits per heavy atom. The third-order valence-corrected chi connectivity index (χ3v) is 2.13. The van der Waals surface area contributed by atoms with Gasteiger partial charge in [0, 0.05) is 24.1 Å². The first-order valence-corrected chi connectivity index (χ1v) is 3.97. The van der Waals surface area contributed by atoms with Gasteiger partial charge in [-0.05, 0) is 24.3 Å². The average Bonchev–Trinajstić information content (AvgIpc) is 2.47. The molecule has 1 heterocycles. The van der Waals surface area contributed by atoms with E-state index < -0.39 is 5.97 Å². The zero-order chi connectivity index (χ0) is 9.42. The largest absolute Gasteiger partial charge is 0.478 e. The summed E-state index contributed by atoms with van der Waals surface area (Å²) in [6.45, 7) is 0. The molecule has 3 heteroatoms. The summed E-state index contributed by atoms with van der Waals surface area (Å²) in [5, 5.41) is 9.70. The fraction of sp³-hybridized carbons (Fsp3) is 0.100.